The highest BCUT2D eigenvalue weighted by atomic mass is 32.1. The Hall–Kier alpha value is -0.870. The number of hydrogen-bond acceptors (Lipinski definition) is 3. The summed E-state index contributed by atoms with van der Waals surface area (Å²) in [4.78, 5) is 14.2. The summed E-state index contributed by atoms with van der Waals surface area (Å²) in [5.41, 5.74) is 1.58. The third kappa shape index (κ3) is 3.00. The van der Waals surface area contributed by atoms with Gasteiger partial charge in [-0.15, -0.1) is 11.3 Å². The van der Waals surface area contributed by atoms with Crippen molar-refractivity contribution in [3.8, 4) is 0 Å². The van der Waals surface area contributed by atoms with Crippen LogP contribution in [-0.2, 0) is 17.6 Å². The van der Waals surface area contributed by atoms with Gasteiger partial charge in [-0.3, -0.25) is 4.79 Å². The van der Waals surface area contributed by atoms with Gasteiger partial charge in [0.05, 0.1) is 0 Å². The molecule has 19 heavy (non-hydrogen) atoms. The van der Waals surface area contributed by atoms with E-state index in [0.717, 1.165) is 13.0 Å². The molecular weight excluding hydrogens is 256 g/mol. The molecule has 2 N–H and O–H groups in total. The zero-order valence-electron chi connectivity index (χ0n) is 11.5. The molecule has 1 amide bonds. The van der Waals surface area contributed by atoms with Crippen LogP contribution in [0.2, 0.25) is 0 Å². The Kier molecular flexibility index (Phi) is 3.89. The summed E-state index contributed by atoms with van der Waals surface area (Å²) in [6.07, 6.45) is 6.89. The number of thiophene rings is 1. The Morgan fingerprint density at radius 2 is 2.26 bits per heavy atom. The predicted molar refractivity (Wildman–Crippen MR) is 78.5 cm³/mol. The largest absolute Gasteiger partial charge is 0.352 e. The molecule has 2 heterocycles. The fourth-order valence-electron chi connectivity index (χ4n) is 2.98. The first-order valence-corrected chi connectivity index (χ1v) is 8.18. The van der Waals surface area contributed by atoms with Crippen molar-refractivity contribution in [3.63, 3.8) is 0 Å². The van der Waals surface area contributed by atoms with Crippen LogP contribution in [0.5, 0.6) is 0 Å². The molecule has 0 spiro atoms. The van der Waals surface area contributed by atoms with Crippen molar-refractivity contribution in [1.29, 1.82) is 0 Å². The van der Waals surface area contributed by atoms with E-state index in [4.69, 9.17) is 0 Å². The smallest absolute Gasteiger partial charge is 0.220 e. The van der Waals surface area contributed by atoms with E-state index in [1.165, 1.54) is 30.6 Å². The van der Waals surface area contributed by atoms with Crippen LogP contribution in [-0.4, -0.2) is 18.5 Å². The summed E-state index contributed by atoms with van der Waals surface area (Å²) in [5.74, 6) is 0.200. The molecule has 2 atom stereocenters. The molecule has 1 aliphatic heterocycles. The van der Waals surface area contributed by atoms with E-state index >= 15 is 0 Å². The Bertz CT molecular complexity index is 445. The van der Waals surface area contributed by atoms with Crippen LogP contribution < -0.4 is 10.6 Å². The maximum atomic E-state index is 11.2. The van der Waals surface area contributed by atoms with Gasteiger partial charge in [-0.05, 0) is 50.7 Å². The molecule has 2 aliphatic rings. The topological polar surface area (TPSA) is 41.1 Å². The number of nitrogens with one attached hydrogen (secondary N) is 2. The molecule has 0 radical (unpaired) electrons. The zero-order valence-corrected chi connectivity index (χ0v) is 12.3. The first-order chi connectivity index (χ1) is 9.22. The van der Waals surface area contributed by atoms with E-state index in [1.807, 2.05) is 11.3 Å². The van der Waals surface area contributed by atoms with Crippen LogP contribution in [0.4, 0.5) is 0 Å². The van der Waals surface area contributed by atoms with Crippen molar-refractivity contribution < 1.29 is 4.79 Å². The van der Waals surface area contributed by atoms with Gasteiger partial charge in [0.15, 0.2) is 0 Å². The second kappa shape index (κ2) is 5.63. The van der Waals surface area contributed by atoms with E-state index in [0.29, 0.717) is 18.5 Å². The fourth-order valence-corrected chi connectivity index (χ4v) is 4.26. The summed E-state index contributed by atoms with van der Waals surface area (Å²) < 4.78 is 0. The lowest BCUT2D eigenvalue weighted by Gasteiger charge is -2.16. The molecule has 1 aromatic heterocycles. The molecule has 3 rings (SSSR count). The van der Waals surface area contributed by atoms with E-state index in [1.54, 1.807) is 10.4 Å². The molecule has 1 aliphatic carbocycles. The Morgan fingerprint density at radius 1 is 1.42 bits per heavy atom. The zero-order chi connectivity index (χ0) is 13.2. The molecular formula is C15H22N2OS. The summed E-state index contributed by atoms with van der Waals surface area (Å²) in [6, 6.07) is 3.11. The number of rotatable bonds is 4. The van der Waals surface area contributed by atoms with Gasteiger partial charge >= 0.3 is 0 Å². The first-order valence-electron chi connectivity index (χ1n) is 7.36. The van der Waals surface area contributed by atoms with Crippen molar-refractivity contribution in [2.75, 3.05) is 6.54 Å². The summed E-state index contributed by atoms with van der Waals surface area (Å²) in [6.45, 7) is 3.11. The minimum Gasteiger partial charge on any atom is -0.352 e. The molecule has 0 aromatic carbocycles. The normalized spacial score (nSPS) is 24.1. The lowest BCUT2D eigenvalue weighted by atomic mass is 9.99. The average Bonchev–Trinajstić information content (AvgIpc) is 3.01. The van der Waals surface area contributed by atoms with E-state index < -0.39 is 0 Å². The highest BCUT2D eigenvalue weighted by molar-refractivity contribution is 7.12. The third-order valence-electron chi connectivity index (χ3n) is 4.20. The van der Waals surface area contributed by atoms with Gasteiger partial charge in [-0.1, -0.05) is 0 Å². The standard InChI is InChI=1S/C15H22N2OS/c1-10(16-9-12-6-7-15(18)17-12)14-8-11-4-2-3-5-13(11)19-14/h8,10,12,16H,2-7,9H2,1H3,(H,17,18). The lowest BCUT2D eigenvalue weighted by Crippen LogP contribution is -2.36. The van der Waals surface area contributed by atoms with E-state index in [9.17, 15) is 4.79 Å². The Balaban J connectivity index is 1.56. The van der Waals surface area contributed by atoms with Crippen LogP contribution >= 0.6 is 11.3 Å². The van der Waals surface area contributed by atoms with Crippen molar-refractivity contribution >= 4 is 17.2 Å². The average molecular weight is 278 g/mol. The molecule has 1 aromatic rings. The number of hydrogen-bond donors (Lipinski definition) is 2. The molecule has 104 valence electrons. The van der Waals surface area contributed by atoms with Crippen LogP contribution in [0.15, 0.2) is 6.07 Å². The van der Waals surface area contributed by atoms with Crippen molar-refractivity contribution in [2.24, 2.45) is 0 Å². The van der Waals surface area contributed by atoms with Crippen LogP contribution in [0, 0.1) is 0 Å². The third-order valence-corrected chi connectivity index (χ3v) is 5.62. The SMILES string of the molecule is CC(NCC1CCC(=O)N1)c1cc2c(s1)CCCC2. The van der Waals surface area contributed by atoms with E-state index in [2.05, 4.69) is 23.6 Å². The van der Waals surface area contributed by atoms with Crippen molar-refractivity contribution in [1.82, 2.24) is 10.6 Å². The highest BCUT2D eigenvalue weighted by Gasteiger charge is 2.22. The number of carbonyl (C=O) groups excluding carboxylic acids is 1. The predicted octanol–water partition coefficient (Wildman–Crippen LogP) is 2.56. The maximum Gasteiger partial charge on any atom is 0.220 e. The molecule has 0 bridgehead atoms. The number of carbonyl (C=O) groups is 1. The molecule has 4 heteroatoms. The van der Waals surface area contributed by atoms with Gasteiger partial charge in [0.25, 0.3) is 0 Å². The van der Waals surface area contributed by atoms with Gasteiger partial charge in [-0.2, -0.15) is 0 Å². The highest BCUT2D eigenvalue weighted by Crippen LogP contribution is 2.32. The monoisotopic (exact) mass is 278 g/mol. The fraction of sp³-hybridized carbons (Fsp3) is 0.667. The van der Waals surface area contributed by atoms with Crippen molar-refractivity contribution in [3.05, 3.63) is 21.4 Å². The summed E-state index contributed by atoms with van der Waals surface area (Å²) in [5, 5.41) is 6.58. The van der Waals surface area contributed by atoms with Crippen molar-refractivity contribution in [2.45, 2.75) is 57.5 Å². The lowest BCUT2D eigenvalue weighted by molar-refractivity contribution is -0.119. The van der Waals surface area contributed by atoms with Gasteiger partial charge in [0, 0.05) is 34.8 Å². The van der Waals surface area contributed by atoms with Gasteiger partial charge in [-0.25, -0.2) is 0 Å². The summed E-state index contributed by atoms with van der Waals surface area (Å²) in [7, 11) is 0. The Morgan fingerprint density at radius 3 is 3.00 bits per heavy atom. The van der Waals surface area contributed by atoms with Crippen LogP contribution in [0.25, 0.3) is 0 Å². The molecule has 3 nitrogen and oxygen atoms in total. The van der Waals surface area contributed by atoms with Crippen LogP contribution in [0.1, 0.15) is 54.0 Å². The van der Waals surface area contributed by atoms with E-state index in [-0.39, 0.29) is 5.91 Å². The molecule has 1 saturated heterocycles. The van der Waals surface area contributed by atoms with Gasteiger partial charge in [0.2, 0.25) is 5.91 Å². The second-order valence-corrected chi connectivity index (χ2v) is 6.91. The quantitative estimate of drug-likeness (QED) is 0.888. The number of fused-ring (bicyclic) bond motifs is 1. The Labute approximate surface area is 118 Å². The van der Waals surface area contributed by atoms with Gasteiger partial charge < -0.3 is 10.6 Å². The molecule has 2 unspecified atom stereocenters. The van der Waals surface area contributed by atoms with Crippen LogP contribution in [0.3, 0.4) is 0 Å². The minimum atomic E-state index is 0.200. The first kappa shape index (κ1) is 13.1. The van der Waals surface area contributed by atoms with Gasteiger partial charge in [0.1, 0.15) is 0 Å². The minimum absolute atomic E-state index is 0.200. The summed E-state index contributed by atoms with van der Waals surface area (Å²) >= 11 is 1.98. The number of amides is 1. The molecule has 1 fully saturated rings. The molecule has 0 saturated carbocycles. The number of aryl methyl sites for hydroxylation is 2. The maximum absolute atomic E-state index is 11.2. The second-order valence-electron chi connectivity index (χ2n) is 5.74.